The predicted molar refractivity (Wildman–Crippen MR) is 47.4 cm³/mol. The fraction of sp³-hybridized carbons (Fsp3) is 0.250. The van der Waals surface area contributed by atoms with Crippen LogP contribution in [0.15, 0.2) is 23.4 Å². The van der Waals surface area contributed by atoms with Crippen LogP contribution in [0.2, 0.25) is 0 Å². The first kappa shape index (κ1) is 9.62. The first-order valence-corrected chi connectivity index (χ1v) is 3.35. The molecule has 0 radical (unpaired) electrons. The molecule has 0 saturated heterocycles. The topological polar surface area (TPSA) is 75.5 Å². The van der Waals surface area contributed by atoms with Crippen LogP contribution in [0.4, 0.5) is 0 Å². The molecule has 3 heteroatoms. The number of hydrogen-bond donors (Lipinski definition) is 3. The zero-order chi connectivity index (χ0) is 8.85. The Balaban J connectivity index is 4.46. The van der Waals surface area contributed by atoms with Gasteiger partial charge in [0.25, 0.3) is 0 Å². The molecule has 0 saturated carbocycles. The minimum absolute atomic E-state index is 0.297. The summed E-state index contributed by atoms with van der Waals surface area (Å²) in [6, 6.07) is 0. The predicted octanol–water partition coefficient (Wildman–Crippen LogP) is -0.355. The van der Waals surface area contributed by atoms with Crippen molar-refractivity contribution in [3.63, 3.8) is 0 Å². The summed E-state index contributed by atoms with van der Waals surface area (Å²) >= 11 is 0. The van der Waals surface area contributed by atoms with E-state index >= 15 is 0 Å². The molecule has 0 fully saturated rings. The Morgan fingerprint density at radius 3 is 2.45 bits per heavy atom. The molecule has 11 heavy (non-hydrogen) atoms. The largest absolute Gasteiger partial charge is 0.393 e. The van der Waals surface area contributed by atoms with E-state index in [1.807, 2.05) is 19.9 Å². The van der Waals surface area contributed by atoms with Crippen LogP contribution in [0.5, 0.6) is 0 Å². The summed E-state index contributed by atoms with van der Waals surface area (Å²) in [5.74, 6) is 0. The van der Waals surface area contributed by atoms with Crippen molar-refractivity contribution < 1.29 is 5.41 Å². The van der Waals surface area contributed by atoms with Crippen LogP contribution in [0, 0.1) is 5.41 Å². The lowest BCUT2D eigenvalue weighted by atomic mass is 10.2. The molecule has 3 nitrogen and oxygen atoms in total. The van der Waals surface area contributed by atoms with Crippen molar-refractivity contribution in [3.05, 3.63) is 23.4 Å². The van der Waals surface area contributed by atoms with E-state index in [1.165, 1.54) is 0 Å². The normalized spacial score (nSPS) is 12.9. The van der Waals surface area contributed by atoms with E-state index in [1.54, 1.807) is 6.08 Å². The highest BCUT2D eigenvalue weighted by Crippen LogP contribution is 1.96. The van der Waals surface area contributed by atoms with Crippen LogP contribution >= 0.6 is 0 Å². The second-order valence-corrected chi connectivity index (χ2v) is 2.23. The second kappa shape index (κ2) is 4.44. The molecule has 0 heterocycles. The van der Waals surface area contributed by atoms with Gasteiger partial charge in [-0.3, -0.25) is 5.41 Å². The van der Waals surface area contributed by atoms with Crippen LogP contribution in [-0.2, 0) is 0 Å². The monoisotopic (exact) mass is 152 g/mol. The molecule has 0 aromatic rings. The molecule has 0 aliphatic carbocycles. The highest BCUT2D eigenvalue weighted by molar-refractivity contribution is 6.33. The lowest BCUT2D eigenvalue weighted by Crippen LogP contribution is -2.43. The van der Waals surface area contributed by atoms with Crippen LogP contribution in [-0.4, -0.2) is 11.9 Å². The van der Waals surface area contributed by atoms with E-state index in [-0.39, 0.29) is 0 Å². The van der Waals surface area contributed by atoms with E-state index < -0.39 is 0 Å². The van der Waals surface area contributed by atoms with Gasteiger partial charge in [0.2, 0.25) is 5.71 Å². The molecule has 5 N–H and O–H groups in total. The molecular formula is C8H14N3+. The summed E-state index contributed by atoms with van der Waals surface area (Å²) < 4.78 is 0. The van der Waals surface area contributed by atoms with E-state index in [0.717, 1.165) is 11.8 Å². The number of rotatable bonds is 3. The maximum atomic E-state index is 6.81. The van der Waals surface area contributed by atoms with E-state index in [9.17, 15) is 0 Å². The van der Waals surface area contributed by atoms with Gasteiger partial charge < -0.3 is 11.1 Å². The smallest absolute Gasteiger partial charge is 0.237 e. The SMILES string of the molecule is C/C=C(C)\C=C(\N)C(=[NH2+])C=N. The lowest BCUT2D eigenvalue weighted by molar-refractivity contribution is -0.109. The summed E-state index contributed by atoms with van der Waals surface area (Å²) in [5, 5.41) is 12.2. The van der Waals surface area contributed by atoms with E-state index in [0.29, 0.717) is 11.4 Å². The molecule has 0 amide bonds. The number of hydrogen-bond acceptors (Lipinski definition) is 2. The first-order chi connectivity index (χ1) is 5.11. The molecule has 0 rings (SSSR count). The van der Waals surface area contributed by atoms with Crippen molar-refractivity contribution >= 4 is 11.9 Å². The van der Waals surface area contributed by atoms with Crippen molar-refractivity contribution in [1.82, 2.24) is 0 Å². The van der Waals surface area contributed by atoms with Gasteiger partial charge in [-0.1, -0.05) is 11.6 Å². The van der Waals surface area contributed by atoms with Crippen molar-refractivity contribution in [1.29, 1.82) is 5.41 Å². The third-order valence-electron chi connectivity index (χ3n) is 1.33. The van der Waals surface area contributed by atoms with Crippen molar-refractivity contribution in [2.75, 3.05) is 0 Å². The quantitative estimate of drug-likeness (QED) is 0.375. The summed E-state index contributed by atoms with van der Waals surface area (Å²) in [6.45, 7) is 3.84. The summed E-state index contributed by atoms with van der Waals surface area (Å²) in [6.07, 6.45) is 4.69. The Kier molecular flexibility index (Phi) is 3.88. The van der Waals surface area contributed by atoms with Gasteiger partial charge in [-0.2, -0.15) is 0 Å². The molecule has 0 atom stereocenters. The zero-order valence-electron chi connectivity index (χ0n) is 6.89. The number of allylic oxidation sites excluding steroid dienone is 4. The van der Waals surface area contributed by atoms with Gasteiger partial charge in [0, 0.05) is 0 Å². The maximum absolute atomic E-state index is 6.81. The van der Waals surface area contributed by atoms with Gasteiger partial charge >= 0.3 is 0 Å². The maximum Gasteiger partial charge on any atom is 0.237 e. The Labute approximate surface area is 66.6 Å². The molecule has 0 aliphatic heterocycles. The highest BCUT2D eigenvalue weighted by Gasteiger charge is 2.00. The van der Waals surface area contributed by atoms with Crippen LogP contribution in [0.3, 0.4) is 0 Å². The molecule has 0 aliphatic rings. The highest BCUT2D eigenvalue weighted by atomic mass is 14.6. The van der Waals surface area contributed by atoms with Gasteiger partial charge in [-0.25, -0.2) is 0 Å². The lowest BCUT2D eigenvalue weighted by Gasteiger charge is -1.92. The van der Waals surface area contributed by atoms with Gasteiger partial charge in [-0.05, 0) is 19.9 Å². The van der Waals surface area contributed by atoms with Gasteiger partial charge in [0.15, 0.2) is 0 Å². The third kappa shape index (κ3) is 3.35. The summed E-state index contributed by atoms with van der Waals surface area (Å²) in [5.41, 5.74) is 7.28. The second-order valence-electron chi connectivity index (χ2n) is 2.23. The van der Waals surface area contributed by atoms with Gasteiger partial charge in [0.1, 0.15) is 5.70 Å². The van der Waals surface area contributed by atoms with Crippen LogP contribution in [0.1, 0.15) is 13.8 Å². The van der Waals surface area contributed by atoms with Crippen molar-refractivity contribution in [2.24, 2.45) is 5.73 Å². The molecule has 0 unspecified atom stereocenters. The number of nitrogens with one attached hydrogen (secondary N) is 1. The first-order valence-electron chi connectivity index (χ1n) is 3.35. The van der Waals surface area contributed by atoms with Crippen LogP contribution < -0.4 is 11.1 Å². The number of nitrogens with two attached hydrogens (primary N) is 2. The fourth-order valence-electron chi connectivity index (χ4n) is 0.495. The van der Waals surface area contributed by atoms with Crippen molar-refractivity contribution in [3.8, 4) is 0 Å². The van der Waals surface area contributed by atoms with Gasteiger partial charge in [0.05, 0.1) is 6.21 Å². The average Bonchev–Trinajstić information content (AvgIpc) is 2.02. The molecular weight excluding hydrogens is 138 g/mol. The molecule has 0 bridgehead atoms. The fourth-order valence-corrected chi connectivity index (χ4v) is 0.495. The van der Waals surface area contributed by atoms with Crippen LogP contribution in [0.25, 0.3) is 0 Å². The van der Waals surface area contributed by atoms with E-state index in [2.05, 4.69) is 0 Å². The molecule has 0 spiro atoms. The Bertz CT molecular complexity index is 223. The minimum atomic E-state index is 0.297. The molecule has 0 aromatic carbocycles. The average molecular weight is 152 g/mol. The molecule has 60 valence electrons. The van der Waals surface area contributed by atoms with Crippen molar-refractivity contribution in [2.45, 2.75) is 13.8 Å². The Hall–Kier alpha value is -1.38. The third-order valence-corrected chi connectivity index (χ3v) is 1.33. The minimum Gasteiger partial charge on any atom is -0.393 e. The Morgan fingerprint density at radius 1 is 1.55 bits per heavy atom. The standard InChI is InChI=1S/C8H13N3/c1-3-6(2)4-7(10)8(11)5-9/h3-5,9,11H,10H2,1-2H3/p+1/b6-3-,7-4+,9-5?,11-8?. The summed E-state index contributed by atoms with van der Waals surface area (Å²) in [7, 11) is 0. The Morgan fingerprint density at radius 2 is 2.09 bits per heavy atom. The zero-order valence-corrected chi connectivity index (χ0v) is 6.89. The molecule has 0 aromatic heterocycles. The van der Waals surface area contributed by atoms with Gasteiger partial charge in [-0.15, -0.1) is 0 Å². The van der Waals surface area contributed by atoms with E-state index in [4.69, 9.17) is 16.6 Å². The summed E-state index contributed by atoms with van der Waals surface area (Å²) in [4.78, 5) is 0.